The van der Waals surface area contributed by atoms with Crippen LogP contribution in [0.15, 0.2) is 12.1 Å². The highest BCUT2D eigenvalue weighted by Gasteiger charge is 2.51. The van der Waals surface area contributed by atoms with E-state index in [1.54, 1.807) is 0 Å². The van der Waals surface area contributed by atoms with Gasteiger partial charge in [0.2, 0.25) is 0 Å². The minimum atomic E-state index is -0.248. The Balaban J connectivity index is 2.16. The molecule has 0 spiro atoms. The van der Waals surface area contributed by atoms with Crippen LogP contribution in [0.25, 0.3) is 0 Å². The summed E-state index contributed by atoms with van der Waals surface area (Å²) >= 11 is 6.14. The van der Waals surface area contributed by atoms with Crippen molar-refractivity contribution in [1.82, 2.24) is 0 Å². The first-order valence-corrected chi connectivity index (χ1v) is 6.87. The maximum Gasteiger partial charge on any atom is 0.120 e. The fourth-order valence-electron chi connectivity index (χ4n) is 2.58. The van der Waals surface area contributed by atoms with E-state index in [0.717, 1.165) is 28.3 Å². The van der Waals surface area contributed by atoms with E-state index in [1.165, 1.54) is 0 Å². The Bertz CT molecular complexity index is 435. The molecule has 1 N–H and O–H groups in total. The molecule has 1 aromatic carbocycles. The minimum Gasteiger partial charge on any atom is -0.490 e. The maximum atomic E-state index is 9.87. The number of rotatable bonds is 3. The van der Waals surface area contributed by atoms with Gasteiger partial charge in [-0.1, -0.05) is 25.4 Å². The summed E-state index contributed by atoms with van der Waals surface area (Å²) in [4.78, 5) is 0. The third-order valence-corrected chi connectivity index (χ3v) is 4.98. The summed E-state index contributed by atoms with van der Waals surface area (Å²) < 4.78 is 6.03. The molecule has 0 amide bonds. The third-order valence-electron chi connectivity index (χ3n) is 4.38. The molecular formula is C15H21ClO2. The molecule has 0 aromatic heterocycles. The summed E-state index contributed by atoms with van der Waals surface area (Å²) in [6.45, 7) is 8.15. The summed E-state index contributed by atoms with van der Waals surface area (Å²) in [6.07, 6.45) is 1.48. The quantitative estimate of drug-likeness (QED) is 0.901. The number of benzene rings is 1. The van der Waals surface area contributed by atoms with Crippen LogP contribution in [-0.2, 0) is 0 Å². The third kappa shape index (κ3) is 2.12. The monoisotopic (exact) mass is 268 g/mol. The van der Waals surface area contributed by atoms with Gasteiger partial charge in [-0.2, -0.15) is 0 Å². The first kappa shape index (κ1) is 13.7. The molecular weight excluding hydrogens is 248 g/mol. The first-order valence-electron chi connectivity index (χ1n) is 6.50. The molecule has 1 fully saturated rings. The molecule has 3 unspecified atom stereocenters. The lowest BCUT2D eigenvalue weighted by Gasteiger charge is -2.50. The normalized spacial score (nSPS) is 31.0. The van der Waals surface area contributed by atoms with Crippen molar-refractivity contribution in [2.75, 3.05) is 0 Å². The Labute approximate surface area is 114 Å². The largest absolute Gasteiger partial charge is 0.490 e. The highest BCUT2D eigenvalue weighted by Crippen LogP contribution is 2.46. The summed E-state index contributed by atoms with van der Waals surface area (Å²) in [6, 6.07) is 3.94. The highest BCUT2D eigenvalue weighted by atomic mass is 35.5. The van der Waals surface area contributed by atoms with E-state index in [1.807, 2.05) is 26.0 Å². The van der Waals surface area contributed by atoms with Crippen LogP contribution < -0.4 is 4.74 Å². The molecule has 0 saturated heterocycles. The Hall–Kier alpha value is -0.730. The van der Waals surface area contributed by atoms with Crippen molar-refractivity contribution in [2.24, 2.45) is 5.41 Å². The molecule has 1 aromatic rings. The summed E-state index contributed by atoms with van der Waals surface area (Å²) in [5.74, 6) is 0.853. The van der Waals surface area contributed by atoms with Crippen LogP contribution >= 0.6 is 11.6 Å². The van der Waals surface area contributed by atoms with E-state index in [2.05, 4.69) is 13.8 Å². The van der Waals surface area contributed by atoms with Crippen molar-refractivity contribution in [1.29, 1.82) is 0 Å². The van der Waals surface area contributed by atoms with Crippen LogP contribution in [-0.4, -0.2) is 17.3 Å². The van der Waals surface area contributed by atoms with E-state index in [0.29, 0.717) is 6.42 Å². The number of hydrogen-bond donors (Lipinski definition) is 1. The molecule has 18 heavy (non-hydrogen) atoms. The highest BCUT2D eigenvalue weighted by molar-refractivity contribution is 6.32. The van der Waals surface area contributed by atoms with Crippen molar-refractivity contribution in [2.45, 2.75) is 52.7 Å². The lowest BCUT2D eigenvalue weighted by atomic mass is 9.63. The van der Waals surface area contributed by atoms with Crippen molar-refractivity contribution in [3.63, 3.8) is 0 Å². The van der Waals surface area contributed by atoms with Crippen molar-refractivity contribution >= 4 is 11.6 Å². The molecule has 1 aliphatic rings. The number of hydrogen-bond acceptors (Lipinski definition) is 2. The molecule has 2 nitrogen and oxygen atoms in total. The molecule has 3 atom stereocenters. The van der Waals surface area contributed by atoms with Crippen LogP contribution in [0.3, 0.4) is 0 Å². The van der Waals surface area contributed by atoms with Gasteiger partial charge in [-0.3, -0.25) is 0 Å². The average Bonchev–Trinajstić information content (AvgIpc) is 2.34. The number of halogens is 1. The first-order chi connectivity index (χ1) is 8.38. The molecule has 0 radical (unpaired) electrons. The molecule has 0 aliphatic heterocycles. The average molecular weight is 269 g/mol. The second-order valence-electron chi connectivity index (χ2n) is 5.59. The van der Waals surface area contributed by atoms with Gasteiger partial charge >= 0.3 is 0 Å². The Morgan fingerprint density at radius 1 is 1.39 bits per heavy atom. The maximum absolute atomic E-state index is 9.87. The van der Waals surface area contributed by atoms with Crippen LogP contribution in [0.5, 0.6) is 5.75 Å². The van der Waals surface area contributed by atoms with E-state index in [4.69, 9.17) is 16.3 Å². The summed E-state index contributed by atoms with van der Waals surface area (Å²) in [5, 5.41) is 10.7. The molecule has 0 heterocycles. The van der Waals surface area contributed by atoms with Crippen LogP contribution in [0.2, 0.25) is 5.02 Å². The zero-order valence-electron chi connectivity index (χ0n) is 11.5. The zero-order chi connectivity index (χ0) is 13.5. The van der Waals surface area contributed by atoms with E-state index in [-0.39, 0.29) is 17.6 Å². The number of ether oxygens (including phenoxy) is 1. The van der Waals surface area contributed by atoms with E-state index < -0.39 is 0 Å². The summed E-state index contributed by atoms with van der Waals surface area (Å²) in [5.41, 5.74) is 1.94. The van der Waals surface area contributed by atoms with Gasteiger partial charge in [0, 0.05) is 16.9 Å². The smallest absolute Gasteiger partial charge is 0.120 e. The molecule has 0 bridgehead atoms. The topological polar surface area (TPSA) is 29.5 Å². The number of aliphatic hydroxyl groups excluding tert-OH is 1. The SMILES string of the molecule is CCC1(C)C(O)CC1Oc1cc(C)c(Cl)c(C)c1. The second-order valence-corrected chi connectivity index (χ2v) is 5.97. The second kappa shape index (κ2) is 4.75. The van der Waals surface area contributed by atoms with Gasteiger partial charge in [0.05, 0.1) is 6.10 Å². The standard InChI is InChI=1S/C15H21ClO2/c1-5-15(4)12(17)8-13(15)18-11-6-9(2)14(16)10(3)7-11/h6-7,12-13,17H,5,8H2,1-4H3. The molecule has 2 rings (SSSR count). The van der Waals surface area contributed by atoms with Crippen molar-refractivity contribution < 1.29 is 9.84 Å². The van der Waals surface area contributed by atoms with Gasteiger partial charge in [0.15, 0.2) is 0 Å². The van der Waals surface area contributed by atoms with Crippen LogP contribution in [0.1, 0.15) is 37.8 Å². The Kier molecular flexibility index (Phi) is 3.61. The fraction of sp³-hybridized carbons (Fsp3) is 0.600. The predicted octanol–water partition coefficient (Wildman–Crippen LogP) is 3.89. The number of aliphatic hydroxyl groups is 1. The minimum absolute atomic E-state index is 0.0949. The van der Waals surface area contributed by atoms with Crippen molar-refractivity contribution in [3.05, 3.63) is 28.3 Å². The van der Waals surface area contributed by atoms with Gasteiger partial charge in [0.1, 0.15) is 11.9 Å². The predicted molar refractivity (Wildman–Crippen MR) is 74.4 cm³/mol. The summed E-state index contributed by atoms with van der Waals surface area (Å²) in [7, 11) is 0. The molecule has 100 valence electrons. The van der Waals surface area contributed by atoms with E-state index >= 15 is 0 Å². The molecule has 1 aliphatic carbocycles. The molecule has 1 saturated carbocycles. The van der Waals surface area contributed by atoms with Crippen molar-refractivity contribution in [3.8, 4) is 5.75 Å². The lowest BCUT2D eigenvalue weighted by Crippen LogP contribution is -2.57. The molecule has 3 heteroatoms. The van der Waals surface area contributed by atoms with Gasteiger partial charge in [-0.05, 0) is 43.5 Å². The van der Waals surface area contributed by atoms with Crippen LogP contribution in [0.4, 0.5) is 0 Å². The number of aryl methyl sites for hydroxylation is 2. The fourth-order valence-corrected chi connectivity index (χ4v) is 2.69. The van der Waals surface area contributed by atoms with Crippen LogP contribution in [0, 0.1) is 19.3 Å². The lowest BCUT2D eigenvalue weighted by molar-refractivity contribution is -0.147. The Morgan fingerprint density at radius 3 is 2.39 bits per heavy atom. The van der Waals surface area contributed by atoms with Gasteiger partial charge < -0.3 is 9.84 Å². The Morgan fingerprint density at radius 2 is 1.94 bits per heavy atom. The zero-order valence-corrected chi connectivity index (χ0v) is 12.2. The van der Waals surface area contributed by atoms with E-state index in [9.17, 15) is 5.11 Å². The van der Waals surface area contributed by atoms with Gasteiger partial charge in [-0.25, -0.2) is 0 Å². The van der Waals surface area contributed by atoms with Gasteiger partial charge in [-0.15, -0.1) is 0 Å². The van der Waals surface area contributed by atoms with Gasteiger partial charge in [0.25, 0.3) is 0 Å².